The number of ketones is 1. The zero-order valence-electron chi connectivity index (χ0n) is 12.8. The number of nitrogens with one attached hydrogen (secondary N) is 1. The number of hydrogen-bond acceptors (Lipinski definition) is 3. The largest absolute Gasteiger partial charge is 0.381 e. The van der Waals surface area contributed by atoms with E-state index in [1.54, 1.807) is 0 Å². The second-order valence-corrected chi connectivity index (χ2v) is 8.66. The molecule has 8 atom stereocenters. The van der Waals surface area contributed by atoms with E-state index in [1.165, 1.54) is 19.3 Å². The fourth-order valence-corrected chi connectivity index (χ4v) is 7.48. The van der Waals surface area contributed by atoms with Crippen LogP contribution < -0.4 is 5.32 Å². The molecule has 0 saturated heterocycles. The molecule has 7 rings (SSSR count). The van der Waals surface area contributed by atoms with E-state index < -0.39 is 0 Å². The van der Waals surface area contributed by atoms with Crippen LogP contribution in [0.4, 0.5) is 0 Å². The van der Waals surface area contributed by atoms with Crippen molar-refractivity contribution in [3.8, 4) is 0 Å². The van der Waals surface area contributed by atoms with Crippen molar-refractivity contribution >= 4 is 11.7 Å². The topological polar surface area (TPSA) is 55.4 Å². The molecule has 0 aromatic carbocycles. The quantitative estimate of drug-likeness (QED) is 0.720. The summed E-state index contributed by atoms with van der Waals surface area (Å²) in [4.78, 5) is 25.3. The monoisotopic (exact) mass is 301 g/mol. The fourth-order valence-electron chi connectivity index (χ4n) is 7.48. The Morgan fingerprint density at radius 2 is 2.14 bits per heavy atom. The van der Waals surface area contributed by atoms with Crippen LogP contribution in [0.15, 0.2) is 0 Å². The third-order valence-electron chi connectivity index (χ3n) is 8.06. The summed E-state index contributed by atoms with van der Waals surface area (Å²) in [6, 6.07) is 0. The first kappa shape index (κ1) is 12.5. The molecule has 7 aliphatic carbocycles. The number of amides is 1. The lowest BCUT2D eigenvalue weighted by Gasteiger charge is -2.70. The third-order valence-corrected chi connectivity index (χ3v) is 8.06. The summed E-state index contributed by atoms with van der Waals surface area (Å²) in [5.41, 5.74) is -0.237. The van der Waals surface area contributed by atoms with Gasteiger partial charge in [0.15, 0.2) is 0 Å². The summed E-state index contributed by atoms with van der Waals surface area (Å²) < 4.78 is 5.61. The normalized spacial score (nSPS) is 54.5. The molecule has 0 spiro atoms. The van der Waals surface area contributed by atoms with Crippen LogP contribution in [0.25, 0.3) is 0 Å². The van der Waals surface area contributed by atoms with Gasteiger partial charge in [-0.3, -0.25) is 9.59 Å². The Morgan fingerprint density at radius 3 is 2.91 bits per heavy atom. The Bertz CT molecular complexity index is 585. The lowest BCUT2D eigenvalue weighted by Crippen LogP contribution is -2.75. The first-order valence-corrected chi connectivity index (χ1v) is 9.16. The van der Waals surface area contributed by atoms with Crippen molar-refractivity contribution in [1.29, 1.82) is 0 Å². The highest BCUT2D eigenvalue weighted by Crippen LogP contribution is 2.92. The van der Waals surface area contributed by atoms with E-state index in [0.717, 1.165) is 31.5 Å². The molecule has 4 heteroatoms. The molecule has 0 unspecified atom stereocenters. The molecule has 0 heterocycles. The maximum Gasteiger partial charge on any atom is 0.227 e. The zero-order valence-corrected chi connectivity index (χ0v) is 12.8. The molecule has 0 radical (unpaired) electrons. The first-order chi connectivity index (χ1) is 10.8. The molecule has 1 amide bonds. The molecule has 7 fully saturated rings. The summed E-state index contributed by atoms with van der Waals surface area (Å²) in [6.45, 7) is 2.34. The highest BCUT2D eigenvalue weighted by Gasteiger charge is 2.96. The SMILES string of the molecule is O=C1[C@H]2[C@H]3C[C@@H]4[C@@H]5[C@H]3[C@@H]1[C@@]5(C(=O)NCCCOCC1CC1)[C@@H]42. The van der Waals surface area contributed by atoms with Gasteiger partial charge in [0.25, 0.3) is 0 Å². The van der Waals surface area contributed by atoms with Crippen LogP contribution in [0.5, 0.6) is 0 Å². The Balaban J connectivity index is 1.07. The molecule has 4 bridgehead atoms. The summed E-state index contributed by atoms with van der Waals surface area (Å²) >= 11 is 0. The summed E-state index contributed by atoms with van der Waals surface area (Å²) in [7, 11) is 0. The Kier molecular flexibility index (Phi) is 2.14. The molecule has 118 valence electrons. The van der Waals surface area contributed by atoms with Gasteiger partial charge in [-0.25, -0.2) is 0 Å². The van der Waals surface area contributed by atoms with Gasteiger partial charge in [0.05, 0.1) is 5.41 Å². The van der Waals surface area contributed by atoms with E-state index in [2.05, 4.69) is 5.32 Å². The molecule has 4 nitrogen and oxygen atoms in total. The van der Waals surface area contributed by atoms with Gasteiger partial charge < -0.3 is 10.1 Å². The Morgan fingerprint density at radius 1 is 1.27 bits per heavy atom. The van der Waals surface area contributed by atoms with Crippen molar-refractivity contribution < 1.29 is 14.3 Å². The van der Waals surface area contributed by atoms with E-state index in [9.17, 15) is 9.59 Å². The molecule has 0 aromatic heterocycles. The van der Waals surface area contributed by atoms with Gasteiger partial charge >= 0.3 is 0 Å². The van der Waals surface area contributed by atoms with Gasteiger partial charge in [-0.15, -0.1) is 0 Å². The second kappa shape index (κ2) is 3.77. The molecule has 0 aliphatic heterocycles. The van der Waals surface area contributed by atoms with Gasteiger partial charge in [0.1, 0.15) is 5.78 Å². The summed E-state index contributed by atoms with van der Waals surface area (Å²) in [5.74, 6) is 4.84. The highest BCUT2D eigenvalue weighted by atomic mass is 16.5. The number of rotatable bonds is 7. The molecule has 0 aromatic rings. The van der Waals surface area contributed by atoms with Gasteiger partial charge in [0, 0.05) is 31.6 Å². The maximum absolute atomic E-state index is 12.8. The fraction of sp³-hybridized carbons (Fsp3) is 0.889. The minimum atomic E-state index is -0.237. The number of hydrogen-bond donors (Lipinski definition) is 1. The van der Waals surface area contributed by atoms with Crippen LogP contribution in [0, 0.1) is 52.8 Å². The van der Waals surface area contributed by atoms with Crippen molar-refractivity contribution in [1.82, 2.24) is 5.32 Å². The summed E-state index contributed by atoms with van der Waals surface area (Å²) in [6.07, 6.45) is 4.78. The second-order valence-electron chi connectivity index (χ2n) is 8.66. The maximum atomic E-state index is 12.8. The van der Waals surface area contributed by atoms with E-state index in [1.807, 2.05) is 0 Å². The predicted octanol–water partition coefficient (Wildman–Crippen LogP) is 1.25. The first-order valence-electron chi connectivity index (χ1n) is 9.16. The van der Waals surface area contributed by atoms with Crippen molar-refractivity contribution in [2.75, 3.05) is 19.8 Å². The molecule has 7 saturated carbocycles. The minimum absolute atomic E-state index is 0.113. The number of carbonyl (C=O) groups excluding carboxylic acids is 2. The average Bonchev–Trinajstić information content (AvgIpc) is 3.15. The highest BCUT2D eigenvalue weighted by molar-refractivity contribution is 6.04. The predicted molar refractivity (Wildman–Crippen MR) is 77.7 cm³/mol. The Hall–Kier alpha value is -0.900. The Labute approximate surface area is 130 Å². The van der Waals surface area contributed by atoms with Crippen LogP contribution in [-0.4, -0.2) is 31.4 Å². The number of Topliss-reactive ketones (excluding diaryl/α,β-unsaturated/α-hetero) is 1. The lowest BCUT2D eigenvalue weighted by atomic mass is 9.31. The zero-order chi connectivity index (χ0) is 14.6. The number of carbonyl (C=O) groups is 2. The average molecular weight is 301 g/mol. The van der Waals surface area contributed by atoms with Crippen LogP contribution in [0.1, 0.15) is 25.7 Å². The van der Waals surface area contributed by atoms with Crippen LogP contribution in [0.3, 0.4) is 0 Å². The molecule has 1 N–H and O–H groups in total. The number of ether oxygens (including phenoxy) is 1. The molecular weight excluding hydrogens is 278 g/mol. The molecular formula is C18H23NO3. The van der Waals surface area contributed by atoms with Gasteiger partial charge in [-0.2, -0.15) is 0 Å². The van der Waals surface area contributed by atoms with Gasteiger partial charge in [-0.05, 0) is 61.2 Å². The van der Waals surface area contributed by atoms with Gasteiger partial charge in [-0.1, -0.05) is 0 Å². The molecule has 22 heavy (non-hydrogen) atoms. The minimum Gasteiger partial charge on any atom is -0.381 e. The standard InChI is InChI=1S/C18H23NO3/c20-16-12-9-6-10-13-11(9)15(16)18(13,14(10)12)17(21)19-4-1-5-22-7-8-2-3-8/h8-15H,1-7H2,(H,19,21)/t9-,10+,11-,12-,13+,14-,15-,18-/m0/s1. The van der Waals surface area contributed by atoms with Crippen LogP contribution in [0.2, 0.25) is 0 Å². The van der Waals surface area contributed by atoms with E-state index in [-0.39, 0.29) is 23.2 Å². The van der Waals surface area contributed by atoms with Crippen molar-refractivity contribution in [2.45, 2.75) is 25.7 Å². The third kappa shape index (κ3) is 1.11. The van der Waals surface area contributed by atoms with Gasteiger partial charge in [0.2, 0.25) is 5.91 Å². The van der Waals surface area contributed by atoms with Crippen molar-refractivity contribution in [3.05, 3.63) is 0 Å². The smallest absolute Gasteiger partial charge is 0.227 e. The summed E-state index contributed by atoms with van der Waals surface area (Å²) in [5, 5.41) is 3.14. The van der Waals surface area contributed by atoms with Crippen molar-refractivity contribution in [3.63, 3.8) is 0 Å². The van der Waals surface area contributed by atoms with Crippen LogP contribution >= 0.6 is 0 Å². The lowest BCUT2D eigenvalue weighted by molar-refractivity contribution is -0.248. The van der Waals surface area contributed by atoms with Crippen LogP contribution in [-0.2, 0) is 14.3 Å². The van der Waals surface area contributed by atoms with E-state index in [0.29, 0.717) is 36.0 Å². The molecule has 7 aliphatic rings. The van der Waals surface area contributed by atoms with E-state index in [4.69, 9.17) is 4.74 Å². The van der Waals surface area contributed by atoms with E-state index >= 15 is 0 Å². The van der Waals surface area contributed by atoms with Crippen molar-refractivity contribution in [2.24, 2.45) is 52.8 Å².